The van der Waals surface area contributed by atoms with Gasteiger partial charge in [0.1, 0.15) is 18.5 Å². The third-order valence-electron chi connectivity index (χ3n) is 3.58. The van der Waals surface area contributed by atoms with Crippen LogP contribution >= 0.6 is 11.6 Å². The fraction of sp³-hybridized carbons (Fsp3) is 0.235. The molecule has 0 spiro atoms. The molecule has 120 valence electrons. The lowest BCUT2D eigenvalue weighted by molar-refractivity contribution is 0.145. The van der Waals surface area contributed by atoms with Crippen LogP contribution in [-0.4, -0.2) is 25.3 Å². The summed E-state index contributed by atoms with van der Waals surface area (Å²) in [6.45, 7) is 1.22. The molecule has 1 aliphatic heterocycles. The van der Waals surface area contributed by atoms with Crippen LogP contribution < -0.4 is 15.4 Å². The van der Waals surface area contributed by atoms with Crippen LogP contribution in [0.2, 0.25) is 5.02 Å². The number of carbonyl (C=O) groups is 1. The number of halogens is 1. The summed E-state index contributed by atoms with van der Waals surface area (Å²) >= 11 is 5.94. The maximum absolute atomic E-state index is 11.8. The Morgan fingerprint density at radius 1 is 1.26 bits per heavy atom. The number of hydrogen-bond acceptors (Lipinski definition) is 4. The number of anilines is 1. The summed E-state index contributed by atoms with van der Waals surface area (Å²) < 4.78 is 10.9. The molecule has 3 rings (SSSR count). The zero-order chi connectivity index (χ0) is 16.2. The van der Waals surface area contributed by atoms with E-state index in [0.29, 0.717) is 24.7 Å². The molecule has 1 atom stereocenters. The molecule has 0 aliphatic carbocycles. The van der Waals surface area contributed by atoms with E-state index in [4.69, 9.17) is 26.8 Å². The van der Waals surface area contributed by atoms with Gasteiger partial charge < -0.3 is 15.2 Å². The third-order valence-corrected chi connectivity index (χ3v) is 3.81. The van der Waals surface area contributed by atoms with Crippen molar-refractivity contribution in [3.63, 3.8) is 0 Å². The molecule has 6 heteroatoms. The summed E-state index contributed by atoms with van der Waals surface area (Å²) in [4.78, 5) is 13.3. The second-order valence-electron chi connectivity index (χ2n) is 5.26. The second-order valence-corrected chi connectivity index (χ2v) is 5.70. The number of benzene rings is 2. The van der Waals surface area contributed by atoms with E-state index in [1.54, 1.807) is 4.90 Å². The van der Waals surface area contributed by atoms with E-state index in [2.05, 4.69) is 0 Å². The molecule has 0 bridgehead atoms. The lowest BCUT2D eigenvalue weighted by atomic mass is 10.2. The van der Waals surface area contributed by atoms with E-state index in [-0.39, 0.29) is 12.2 Å². The molecule has 0 aromatic heterocycles. The predicted octanol–water partition coefficient (Wildman–Crippen LogP) is 3.20. The van der Waals surface area contributed by atoms with Gasteiger partial charge in [0, 0.05) is 17.3 Å². The number of nitrogens with zero attached hydrogens (tertiary/aromatic N) is 1. The van der Waals surface area contributed by atoms with Gasteiger partial charge in [0.2, 0.25) is 0 Å². The summed E-state index contributed by atoms with van der Waals surface area (Å²) in [6, 6.07) is 14.8. The molecule has 0 unspecified atom stereocenters. The number of rotatable bonds is 5. The number of nitrogens with two attached hydrogens (primary N) is 1. The summed E-state index contributed by atoms with van der Waals surface area (Å²) in [5.41, 5.74) is 7.29. The lowest BCUT2D eigenvalue weighted by Gasteiger charge is -2.13. The van der Waals surface area contributed by atoms with Gasteiger partial charge in [0.05, 0.1) is 6.54 Å². The Morgan fingerprint density at radius 3 is 2.70 bits per heavy atom. The SMILES string of the molecule is NC[C@H]1CN(c2ccc(OCc3cccc(Cl)c3)cc2)C(=O)O1. The maximum atomic E-state index is 11.8. The van der Waals surface area contributed by atoms with Crippen molar-refractivity contribution in [2.24, 2.45) is 5.73 Å². The van der Waals surface area contributed by atoms with Crippen LogP contribution in [0.5, 0.6) is 5.75 Å². The molecule has 5 nitrogen and oxygen atoms in total. The Hall–Kier alpha value is -2.24. The first-order chi connectivity index (χ1) is 11.2. The summed E-state index contributed by atoms with van der Waals surface area (Å²) in [7, 11) is 0. The minimum absolute atomic E-state index is 0.249. The highest BCUT2D eigenvalue weighted by molar-refractivity contribution is 6.30. The second kappa shape index (κ2) is 6.89. The average molecular weight is 333 g/mol. The van der Waals surface area contributed by atoms with Crippen molar-refractivity contribution >= 4 is 23.4 Å². The fourth-order valence-electron chi connectivity index (χ4n) is 2.37. The summed E-state index contributed by atoms with van der Waals surface area (Å²) in [5, 5.41) is 0.684. The van der Waals surface area contributed by atoms with Gasteiger partial charge in [-0.05, 0) is 42.0 Å². The van der Waals surface area contributed by atoms with Crippen molar-refractivity contribution in [3.8, 4) is 5.75 Å². The smallest absolute Gasteiger partial charge is 0.414 e. The van der Waals surface area contributed by atoms with Gasteiger partial charge in [-0.3, -0.25) is 4.90 Å². The first kappa shape index (κ1) is 15.6. The van der Waals surface area contributed by atoms with E-state index in [1.807, 2.05) is 48.5 Å². The largest absolute Gasteiger partial charge is 0.489 e. The van der Waals surface area contributed by atoms with Crippen molar-refractivity contribution in [1.29, 1.82) is 0 Å². The molecule has 23 heavy (non-hydrogen) atoms. The first-order valence-electron chi connectivity index (χ1n) is 7.31. The molecule has 0 saturated carbocycles. The van der Waals surface area contributed by atoms with E-state index < -0.39 is 0 Å². The maximum Gasteiger partial charge on any atom is 0.414 e. The monoisotopic (exact) mass is 332 g/mol. The molecular formula is C17H17ClN2O3. The topological polar surface area (TPSA) is 64.8 Å². The molecule has 1 saturated heterocycles. The standard InChI is InChI=1S/C17H17ClN2O3/c18-13-3-1-2-12(8-13)11-22-15-6-4-14(5-7-15)20-10-16(9-19)23-17(20)21/h1-8,16H,9-11,19H2/t16-/m0/s1. The van der Waals surface area contributed by atoms with Crippen LogP contribution in [0.4, 0.5) is 10.5 Å². The van der Waals surface area contributed by atoms with Gasteiger partial charge in [-0.15, -0.1) is 0 Å². The van der Waals surface area contributed by atoms with Gasteiger partial charge in [0.15, 0.2) is 0 Å². The predicted molar refractivity (Wildman–Crippen MR) is 88.9 cm³/mol. The summed E-state index contributed by atoms with van der Waals surface area (Å²) in [6.07, 6.45) is -0.616. The molecule has 1 heterocycles. The van der Waals surface area contributed by atoms with Crippen molar-refractivity contribution in [3.05, 3.63) is 59.1 Å². The molecule has 2 N–H and O–H groups in total. The number of ether oxygens (including phenoxy) is 2. The number of hydrogen-bond donors (Lipinski definition) is 1. The molecular weight excluding hydrogens is 316 g/mol. The average Bonchev–Trinajstić information content (AvgIpc) is 2.95. The molecule has 1 fully saturated rings. The van der Waals surface area contributed by atoms with Crippen LogP contribution in [-0.2, 0) is 11.3 Å². The van der Waals surface area contributed by atoms with E-state index in [1.165, 1.54) is 0 Å². The minimum atomic E-state index is -0.368. The van der Waals surface area contributed by atoms with Crippen molar-refractivity contribution in [1.82, 2.24) is 0 Å². The molecule has 0 radical (unpaired) electrons. The zero-order valence-electron chi connectivity index (χ0n) is 12.4. The van der Waals surface area contributed by atoms with Crippen LogP contribution in [0.3, 0.4) is 0 Å². The number of cyclic esters (lactones) is 1. The van der Waals surface area contributed by atoms with E-state index in [9.17, 15) is 4.79 Å². The van der Waals surface area contributed by atoms with Gasteiger partial charge in [-0.25, -0.2) is 4.79 Å². The first-order valence-corrected chi connectivity index (χ1v) is 7.69. The molecule has 1 aliphatic rings. The van der Waals surface area contributed by atoms with Gasteiger partial charge in [-0.1, -0.05) is 23.7 Å². The molecule has 2 aromatic carbocycles. The highest BCUT2D eigenvalue weighted by Crippen LogP contribution is 2.24. The van der Waals surface area contributed by atoms with E-state index >= 15 is 0 Å². The Morgan fingerprint density at radius 2 is 2.04 bits per heavy atom. The minimum Gasteiger partial charge on any atom is -0.489 e. The fourth-order valence-corrected chi connectivity index (χ4v) is 2.58. The van der Waals surface area contributed by atoms with Crippen LogP contribution in [0.1, 0.15) is 5.56 Å². The summed E-state index contributed by atoms with van der Waals surface area (Å²) in [5.74, 6) is 0.719. The number of carbonyl (C=O) groups excluding carboxylic acids is 1. The lowest BCUT2D eigenvalue weighted by Crippen LogP contribution is -2.27. The normalized spacial score (nSPS) is 17.2. The van der Waals surface area contributed by atoms with Gasteiger partial charge in [-0.2, -0.15) is 0 Å². The zero-order valence-corrected chi connectivity index (χ0v) is 13.2. The van der Waals surface area contributed by atoms with Crippen molar-refractivity contribution < 1.29 is 14.3 Å². The van der Waals surface area contributed by atoms with E-state index in [0.717, 1.165) is 17.0 Å². The Balaban J connectivity index is 1.62. The Bertz CT molecular complexity index is 690. The molecule has 2 aromatic rings. The van der Waals surface area contributed by atoms with Crippen LogP contribution in [0, 0.1) is 0 Å². The Kier molecular flexibility index (Phi) is 4.69. The van der Waals surface area contributed by atoms with Crippen molar-refractivity contribution in [2.75, 3.05) is 18.0 Å². The van der Waals surface area contributed by atoms with Crippen LogP contribution in [0.25, 0.3) is 0 Å². The van der Waals surface area contributed by atoms with Crippen molar-refractivity contribution in [2.45, 2.75) is 12.7 Å². The van der Waals surface area contributed by atoms with Crippen LogP contribution in [0.15, 0.2) is 48.5 Å². The highest BCUT2D eigenvalue weighted by atomic mass is 35.5. The van der Waals surface area contributed by atoms with Gasteiger partial charge >= 0.3 is 6.09 Å². The van der Waals surface area contributed by atoms with Gasteiger partial charge in [0.25, 0.3) is 0 Å². The molecule has 1 amide bonds. The highest BCUT2D eigenvalue weighted by Gasteiger charge is 2.31. The third kappa shape index (κ3) is 3.75. The number of amides is 1. The Labute approximate surface area is 139 Å². The quantitative estimate of drug-likeness (QED) is 0.913.